The Morgan fingerprint density at radius 3 is 2.92 bits per heavy atom. The van der Waals surface area contributed by atoms with Crippen molar-refractivity contribution in [2.45, 2.75) is 13.5 Å². The number of aromatic amines is 1. The Morgan fingerprint density at radius 1 is 1.54 bits per heavy atom. The molecule has 1 aromatic heterocycles. The van der Waals surface area contributed by atoms with Gasteiger partial charge in [0.1, 0.15) is 0 Å². The summed E-state index contributed by atoms with van der Waals surface area (Å²) in [5.74, 6) is 0. The van der Waals surface area contributed by atoms with E-state index >= 15 is 0 Å². The second-order valence-electron chi connectivity index (χ2n) is 2.47. The maximum absolute atomic E-state index is 11.1. The molecule has 5 nitrogen and oxygen atoms in total. The summed E-state index contributed by atoms with van der Waals surface area (Å²) in [6.07, 6.45) is 1.34. The Balaban J connectivity index is 2.76. The zero-order valence-corrected chi connectivity index (χ0v) is 7.45. The van der Waals surface area contributed by atoms with E-state index in [0.29, 0.717) is 19.8 Å². The fraction of sp³-hybridized carbons (Fsp3) is 0.500. The molecule has 5 heteroatoms. The summed E-state index contributed by atoms with van der Waals surface area (Å²) < 4.78 is 6.14. The van der Waals surface area contributed by atoms with Crippen molar-refractivity contribution in [2.75, 3.05) is 13.2 Å². The minimum atomic E-state index is -0.396. The average molecular weight is 184 g/mol. The molecule has 0 aliphatic heterocycles. The number of rotatable bonds is 4. The van der Waals surface area contributed by atoms with Gasteiger partial charge in [0.2, 0.25) is 0 Å². The number of H-pyrrole nitrogens is 1. The van der Waals surface area contributed by atoms with Crippen molar-refractivity contribution >= 4 is 0 Å². The number of hydrogen-bond donors (Lipinski definition) is 1. The van der Waals surface area contributed by atoms with E-state index in [4.69, 9.17) is 4.74 Å². The van der Waals surface area contributed by atoms with Crippen LogP contribution in [0.2, 0.25) is 0 Å². The summed E-state index contributed by atoms with van der Waals surface area (Å²) in [5.41, 5.74) is -0.698. The third-order valence-electron chi connectivity index (χ3n) is 1.61. The van der Waals surface area contributed by atoms with Gasteiger partial charge < -0.3 is 9.72 Å². The molecule has 0 spiro atoms. The van der Waals surface area contributed by atoms with E-state index in [9.17, 15) is 9.59 Å². The lowest BCUT2D eigenvalue weighted by molar-refractivity contribution is 0.137. The van der Waals surface area contributed by atoms with Crippen molar-refractivity contribution in [1.29, 1.82) is 0 Å². The molecule has 13 heavy (non-hydrogen) atoms. The Hall–Kier alpha value is -1.36. The normalized spacial score (nSPS) is 10.2. The summed E-state index contributed by atoms with van der Waals surface area (Å²) in [5, 5.41) is 0. The summed E-state index contributed by atoms with van der Waals surface area (Å²) >= 11 is 0. The smallest absolute Gasteiger partial charge is 0.328 e. The van der Waals surface area contributed by atoms with Crippen LogP contribution < -0.4 is 11.2 Å². The SMILES string of the molecule is CCOCCn1c(=O)cc[nH]c1=O. The topological polar surface area (TPSA) is 64.1 Å². The molecular formula is C8H12N2O3. The molecule has 0 saturated heterocycles. The van der Waals surface area contributed by atoms with E-state index in [-0.39, 0.29) is 5.56 Å². The summed E-state index contributed by atoms with van der Waals surface area (Å²) in [7, 11) is 0. The standard InChI is InChI=1S/C8H12N2O3/c1-2-13-6-5-10-7(11)3-4-9-8(10)12/h3-4H,2,5-6H2,1H3,(H,9,12). The minimum absolute atomic E-state index is 0.294. The highest BCUT2D eigenvalue weighted by molar-refractivity contribution is 4.82. The van der Waals surface area contributed by atoms with Crippen LogP contribution in [0, 0.1) is 0 Å². The Kier molecular flexibility index (Phi) is 3.45. The maximum Gasteiger partial charge on any atom is 0.328 e. The van der Waals surface area contributed by atoms with Crippen molar-refractivity contribution in [3.8, 4) is 0 Å². The number of aromatic nitrogens is 2. The van der Waals surface area contributed by atoms with Gasteiger partial charge in [-0.15, -0.1) is 0 Å². The van der Waals surface area contributed by atoms with Gasteiger partial charge in [-0.2, -0.15) is 0 Å². The average Bonchev–Trinajstić information content (AvgIpc) is 2.10. The van der Waals surface area contributed by atoms with Gasteiger partial charge >= 0.3 is 5.69 Å². The Labute approximate surface area is 75.0 Å². The first kappa shape index (κ1) is 9.73. The lowest BCUT2D eigenvalue weighted by Crippen LogP contribution is -2.35. The highest BCUT2D eigenvalue weighted by Gasteiger charge is 1.98. The van der Waals surface area contributed by atoms with Crippen LogP contribution in [0.3, 0.4) is 0 Å². The van der Waals surface area contributed by atoms with Crippen LogP contribution in [-0.4, -0.2) is 22.8 Å². The van der Waals surface area contributed by atoms with Crippen molar-refractivity contribution in [1.82, 2.24) is 9.55 Å². The molecule has 0 bridgehead atoms. The molecule has 0 radical (unpaired) electrons. The van der Waals surface area contributed by atoms with Gasteiger partial charge in [-0.1, -0.05) is 0 Å². The molecule has 0 aliphatic carbocycles. The van der Waals surface area contributed by atoms with Crippen molar-refractivity contribution in [3.05, 3.63) is 33.1 Å². The van der Waals surface area contributed by atoms with Gasteiger partial charge in [0.15, 0.2) is 0 Å². The van der Waals surface area contributed by atoms with Crippen LogP contribution in [0.25, 0.3) is 0 Å². The second-order valence-corrected chi connectivity index (χ2v) is 2.47. The number of ether oxygens (including phenoxy) is 1. The van der Waals surface area contributed by atoms with Gasteiger partial charge in [0, 0.05) is 18.9 Å². The predicted octanol–water partition coefficient (Wildman–Crippen LogP) is -0.427. The fourth-order valence-corrected chi connectivity index (χ4v) is 0.964. The highest BCUT2D eigenvalue weighted by Crippen LogP contribution is 1.76. The third kappa shape index (κ3) is 2.55. The summed E-state index contributed by atoms with van der Waals surface area (Å²) in [4.78, 5) is 24.6. The largest absolute Gasteiger partial charge is 0.380 e. The van der Waals surface area contributed by atoms with E-state index in [2.05, 4.69) is 4.98 Å². The van der Waals surface area contributed by atoms with E-state index in [1.807, 2.05) is 6.92 Å². The first-order valence-electron chi connectivity index (χ1n) is 4.12. The van der Waals surface area contributed by atoms with Gasteiger partial charge in [-0.25, -0.2) is 4.79 Å². The Bertz CT molecular complexity index is 338. The number of nitrogens with one attached hydrogen (secondary N) is 1. The van der Waals surface area contributed by atoms with Crippen LogP contribution in [-0.2, 0) is 11.3 Å². The lowest BCUT2D eigenvalue weighted by atomic mass is 10.6. The predicted molar refractivity (Wildman–Crippen MR) is 47.8 cm³/mol. The van der Waals surface area contributed by atoms with Gasteiger partial charge in [-0.05, 0) is 6.92 Å². The summed E-state index contributed by atoms with van der Waals surface area (Å²) in [6, 6.07) is 1.31. The molecule has 1 rings (SSSR count). The summed E-state index contributed by atoms with van der Waals surface area (Å²) in [6.45, 7) is 3.11. The molecule has 1 aromatic rings. The zero-order chi connectivity index (χ0) is 9.68. The lowest BCUT2D eigenvalue weighted by Gasteiger charge is -2.02. The van der Waals surface area contributed by atoms with E-state index in [1.54, 1.807) is 0 Å². The van der Waals surface area contributed by atoms with Gasteiger partial charge in [-0.3, -0.25) is 9.36 Å². The second kappa shape index (κ2) is 4.61. The van der Waals surface area contributed by atoms with Gasteiger partial charge in [0.25, 0.3) is 5.56 Å². The van der Waals surface area contributed by atoms with Crippen LogP contribution in [0.5, 0.6) is 0 Å². The third-order valence-corrected chi connectivity index (χ3v) is 1.61. The van der Waals surface area contributed by atoms with Crippen molar-refractivity contribution in [3.63, 3.8) is 0 Å². The molecule has 0 atom stereocenters. The first-order valence-corrected chi connectivity index (χ1v) is 4.12. The fourth-order valence-electron chi connectivity index (χ4n) is 0.964. The molecule has 0 aromatic carbocycles. The molecule has 1 N–H and O–H groups in total. The molecule has 72 valence electrons. The quantitative estimate of drug-likeness (QED) is 0.646. The van der Waals surface area contributed by atoms with Crippen molar-refractivity contribution < 1.29 is 4.74 Å². The first-order chi connectivity index (χ1) is 6.25. The molecule has 0 aliphatic rings. The van der Waals surface area contributed by atoms with Crippen LogP contribution in [0.1, 0.15) is 6.92 Å². The molecule has 0 unspecified atom stereocenters. The molecule has 1 heterocycles. The molecular weight excluding hydrogens is 172 g/mol. The highest BCUT2D eigenvalue weighted by atomic mass is 16.5. The monoisotopic (exact) mass is 184 g/mol. The zero-order valence-electron chi connectivity index (χ0n) is 7.45. The van der Waals surface area contributed by atoms with Crippen molar-refractivity contribution in [2.24, 2.45) is 0 Å². The molecule has 0 saturated carbocycles. The minimum Gasteiger partial charge on any atom is -0.380 e. The van der Waals surface area contributed by atoms with E-state index in [0.717, 1.165) is 4.57 Å². The van der Waals surface area contributed by atoms with Gasteiger partial charge in [0.05, 0.1) is 13.2 Å². The van der Waals surface area contributed by atoms with Crippen LogP contribution >= 0.6 is 0 Å². The maximum atomic E-state index is 11.1. The van der Waals surface area contributed by atoms with E-state index < -0.39 is 5.69 Å². The molecule has 0 amide bonds. The molecule has 0 fully saturated rings. The van der Waals surface area contributed by atoms with Crippen LogP contribution in [0.15, 0.2) is 21.9 Å². The van der Waals surface area contributed by atoms with E-state index in [1.165, 1.54) is 12.3 Å². The number of hydrogen-bond acceptors (Lipinski definition) is 3. The van der Waals surface area contributed by atoms with Crippen LogP contribution in [0.4, 0.5) is 0 Å². The number of nitrogens with zero attached hydrogens (tertiary/aromatic N) is 1. The Morgan fingerprint density at radius 2 is 2.31 bits per heavy atom.